The van der Waals surface area contributed by atoms with E-state index in [0.717, 1.165) is 17.5 Å². The third-order valence-electron chi connectivity index (χ3n) is 3.37. The molecule has 0 saturated carbocycles. The number of amides is 1. The Bertz CT molecular complexity index is 949. The van der Waals surface area contributed by atoms with E-state index in [0.29, 0.717) is 5.69 Å². The zero-order valence-corrected chi connectivity index (χ0v) is 16.5. The highest BCUT2D eigenvalue weighted by molar-refractivity contribution is 7.90. The molecule has 0 radical (unpaired) electrons. The Morgan fingerprint density at radius 1 is 1.12 bits per heavy atom. The Morgan fingerprint density at radius 2 is 1.73 bits per heavy atom. The second-order valence-electron chi connectivity index (χ2n) is 6.14. The first kappa shape index (κ1) is 19.9. The predicted molar refractivity (Wildman–Crippen MR) is 105 cm³/mol. The van der Waals surface area contributed by atoms with Gasteiger partial charge in [-0.1, -0.05) is 17.7 Å². The number of hydrogen-bond donors (Lipinski definition) is 1. The summed E-state index contributed by atoms with van der Waals surface area (Å²) in [7, 11) is -0.718. The number of sulfonamides is 1. The average Bonchev–Trinajstić information content (AvgIpc) is 2.52. The summed E-state index contributed by atoms with van der Waals surface area (Å²) in [5.41, 5.74) is 2.83. The Hall–Kier alpha value is -2.38. The lowest BCUT2D eigenvalue weighted by Gasteiger charge is -2.10. The Kier molecular flexibility index (Phi) is 6.05. The first-order valence-corrected chi connectivity index (χ1v) is 9.56. The molecule has 0 aromatic heterocycles. The van der Waals surface area contributed by atoms with Crippen molar-refractivity contribution in [3.8, 4) is 0 Å². The van der Waals surface area contributed by atoms with E-state index in [1.165, 1.54) is 23.1 Å². The first-order valence-electron chi connectivity index (χ1n) is 7.74. The van der Waals surface area contributed by atoms with Crippen molar-refractivity contribution in [2.75, 3.05) is 19.4 Å². The van der Waals surface area contributed by atoms with Gasteiger partial charge in [0.25, 0.3) is 15.9 Å². The molecular formula is C18H20ClN3O3S. The van der Waals surface area contributed by atoms with E-state index < -0.39 is 15.9 Å². The van der Waals surface area contributed by atoms with E-state index in [1.54, 1.807) is 14.1 Å². The van der Waals surface area contributed by atoms with Crippen molar-refractivity contribution in [2.45, 2.75) is 18.7 Å². The van der Waals surface area contributed by atoms with Crippen molar-refractivity contribution in [1.29, 1.82) is 0 Å². The number of benzene rings is 2. The van der Waals surface area contributed by atoms with Gasteiger partial charge < -0.3 is 10.2 Å². The smallest absolute Gasteiger partial charge is 0.285 e. The maximum atomic E-state index is 12.5. The largest absolute Gasteiger partial charge is 0.368 e. The van der Waals surface area contributed by atoms with Gasteiger partial charge in [0.05, 0.1) is 5.02 Å². The Balaban J connectivity index is 2.35. The monoisotopic (exact) mass is 393 g/mol. The maximum Gasteiger partial charge on any atom is 0.285 e. The summed E-state index contributed by atoms with van der Waals surface area (Å²) >= 11 is 6.00. The molecule has 8 heteroatoms. The van der Waals surface area contributed by atoms with E-state index in [2.05, 4.69) is 9.71 Å². The van der Waals surface area contributed by atoms with Crippen molar-refractivity contribution in [1.82, 2.24) is 4.90 Å². The van der Waals surface area contributed by atoms with Gasteiger partial charge in [-0.25, -0.2) is 0 Å². The van der Waals surface area contributed by atoms with Gasteiger partial charge in [0, 0.05) is 25.3 Å². The molecule has 0 fully saturated rings. The number of nitrogens with one attached hydrogen (secondary N) is 1. The van der Waals surface area contributed by atoms with Crippen molar-refractivity contribution < 1.29 is 13.2 Å². The molecule has 0 aliphatic carbocycles. The summed E-state index contributed by atoms with van der Waals surface area (Å²) in [6.07, 6.45) is 1.16. The van der Waals surface area contributed by atoms with Crippen LogP contribution in [0.2, 0.25) is 5.02 Å². The summed E-state index contributed by atoms with van der Waals surface area (Å²) in [4.78, 5) is 13.8. The summed E-state index contributed by atoms with van der Waals surface area (Å²) in [6.45, 7) is 3.86. The third kappa shape index (κ3) is 5.06. The number of anilines is 1. The average molecular weight is 394 g/mol. The molecule has 6 nitrogen and oxygen atoms in total. The van der Waals surface area contributed by atoms with Crippen LogP contribution in [-0.4, -0.2) is 39.7 Å². The van der Waals surface area contributed by atoms with Crippen LogP contribution in [0.4, 0.5) is 5.69 Å². The molecule has 0 heterocycles. The maximum absolute atomic E-state index is 12.5. The minimum atomic E-state index is -4.01. The van der Waals surface area contributed by atoms with Crippen molar-refractivity contribution >= 4 is 39.6 Å². The predicted octanol–water partition coefficient (Wildman–Crippen LogP) is 3.49. The molecule has 0 aliphatic heterocycles. The molecule has 138 valence electrons. The zero-order chi connectivity index (χ0) is 19.5. The van der Waals surface area contributed by atoms with Crippen molar-refractivity contribution in [3.63, 3.8) is 0 Å². The van der Waals surface area contributed by atoms with Gasteiger partial charge in [-0.3, -0.25) is 4.79 Å². The number of carbonyl (C=O) groups excluding carboxylic acids is 1. The highest BCUT2D eigenvalue weighted by atomic mass is 35.5. The lowest BCUT2D eigenvalue weighted by atomic mass is 10.1. The quantitative estimate of drug-likeness (QED) is 0.623. The van der Waals surface area contributed by atoms with Crippen LogP contribution in [0.3, 0.4) is 0 Å². The minimum absolute atomic E-state index is 0.00357. The number of halogens is 1. The number of nitrogens with zero attached hydrogens (tertiary/aromatic N) is 2. The molecule has 0 atom stereocenters. The molecule has 0 spiro atoms. The molecule has 1 amide bonds. The van der Waals surface area contributed by atoms with Gasteiger partial charge >= 0.3 is 0 Å². The third-order valence-corrected chi connectivity index (χ3v) is 5.07. The Labute approximate surface area is 158 Å². The minimum Gasteiger partial charge on any atom is -0.368 e. The highest BCUT2D eigenvalue weighted by Gasteiger charge is 2.19. The topological polar surface area (TPSA) is 78.8 Å². The first-order chi connectivity index (χ1) is 12.1. The number of hydrogen-bond acceptors (Lipinski definition) is 3. The summed E-state index contributed by atoms with van der Waals surface area (Å²) in [5.74, 6) is -0.431. The van der Waals surface area contributed by atoms with Gasteiger partial charge in [0.15, 0.2) is 0 Å². The van der Waals surface area contributed by atoms with Gasteiger partial charge in [0.2, 0.25) is 0 Å². The van der Waals surface area contributed by atoms with Gasteiger partial charge in [-0.2, -0.15) is 8.42 Å². The lowest BCUT2D eigenvalue weighted by molar-refractivity contribution is 0.102. The zero-order valence-electron chi connectivity index (χ0n) is 14.9. The van der Waals surface area contributed by atoms with Crippen LogP contribution >= 0.6 is 11.6 Å². The molecule has 1 N–H and O–H groups in total. The fourth-order valence-corrected chi connectivity index (χ4v) is 3.73. The van der Waals surface area contributed by atoms with E-state index in [4.69, 9.17) is 11.6 Å². The second-order valence-corrected chi connectivity index (χ2v) is 8.14. The van der Waals surface area contributed by atoms with Gasteiger partial charge in [-0.05, 0) is 55.3 Å². The van der Waals surface area contributed by atoms with Crippen LogP contribution in [0.15, 0.2) is 45.7 Å². The molecule has 0 bridgehead atoms. The second kappa shape index (κ2) is 7.88. The van der Waals surface area contributed by atoms with E-state index in [9.17, 15) is 13.2 Å². The van der Waals surface area contributed by atoms with Crippen molar-refractivity contribution in [3.05, 3.63) is 58.1 Å². The fourth-order valence-electron chi connectivity index (χ4n) is 2.31. The van der Waals surface area contributed by atoms with Crippen LogP contribution < -0.4 is 5.32 Å². The lowest BCUT2D eigenvalue weighted by Crippen LogP contribution is -2.14. The summed E-state index contributed by atoms with van der Waals surface area (Å²) in [6, 6.07) is 9.72. The molecule has 0 unspecified atom stereocenters. The van der Waals surface area contributed by atoms with Crippen molar-refractivity contribution in [2.24, 2.45) is 4.40 Å². The molecule has 2 aromatic carbocycles. The molecule has 0 saturated heterocycles. The fraction of sp³-hybridized carbons (Fsp3) is 0.222. The molecule has 2 rings (SSSR count). The SMILES string of the molecule is Cc1cc(C)cc(NC(=O)c2ccc(Cl)c(S(=O)(=O)/N=C/N(C)C)c2)c1. The van der Waals surface area contributed by atoms with E-state index in [1.807, 2.05) is 32.0 Å². The number of carbonyl (C=O) groups is 1. The number of rotatable bonds is 5. The molecular weight excluding hydrogens is 374 g/mol. The van der Waals surface area contributed by atoms with Crippen LogP contribution in [0.5, 0.6) is 0 Å². The van der Waals surface area contributed by atoms with Gasteiger partial charge in [0.1, 0.15) is 11.2 Å². The number of aryl methyl sites for hydroxylation is 2. The van der Waals surface area contributed by atoms with E-state index >= 15 is 0 Å². The molecule has 26 heavy (non-hydrogen) atoms. The van der Waals surface area contributed by atoms with Crippen LogP contribution in [-0.2, 0) is 10.0 Å². The van der Waals surface area contributed by atoms with Crippen LogP contribution in [0, 0.1) is 13.8 Å². The van der Waals surface area contributed by atoms with E-state index in [-0.39, 0.29) is 15.5 Å². The van der Waals surface area contributed by atoms with Crippen LogP contribution in [0.25, 0.3) is 0 Å². The molecule has 0 aliphatic rings. The molecule has 2 aromatic rings. The normalized spacial score (nSPS) is 11.6. The highest BCUT2D eigenvalue weighted by Crippen LogP contribution is 2.25. The van der Waals surface area contributed by atoms with Gasteiger partial charge in [-0.15, -0.1) is 4.40 Å². The summed E-state index contributed by atoms with van der Waals surface area (Å²) in [5, 5.41) is 2.77. The standard InChI is InChI=1S/C18H20ClN3O3S/c1-12-7-13(2)9-15(8-12)21-18(23)14-5-6-16(19)17(10-14)26(24,25)20-11-22(3)4/h5-11H,1-4H3,(H,21,23)/b20-11+. The Morgan fingerprint density at radius 3 is 2.31 bits per heavy atom. The van der Waals surface area contributed by atoms with Crippen LogP contribution in [0.1, 0.15) is 21.5 Å². The summed E-state index contributed by atoms with van der Waals surface area (Å²) < 4.78 is 28.2.